The van der Waals surface area contributed by atoms with Crippen LogP contribution in [0.2, 0.25) is 0 Å². The van der Waals surface area contributed by atoms with E-state index in [9.17, 15) is 14.9 Å². The molecule has 3 N–H and O–H groups in total. The van der Waals surface area contributed by atoms with Crippen molar-refractivity contribution in [2.45, 2.75) is 6.54 Å². The largest absolute Gasteiger partial charge is 0.496 e. The number of aromatic carboxylic acids is 1. The molecule has 0 aromatic heterocycles. The zero-order valence-electron chi connectivity index (χ0n) is 14.0. The fraction of sp³-hybridized carbons (Fsp3) is 0.105. The Morgan fingerprint density at radius 2 is 2.00 bits per heavy atom. The predicted octanol–water partition coefficient (Wildman–Crippen LogP) is 2.53. The molecule has 7 nitrogen and oxygen atoms in total. The highest BCUT2D eigenvalue weighted by Gasteiger charge is 2.11. The van der Waals surface area contributed by atoms with E-state index in [0.717, 1.165) is 5.56 Å². The molecule has 132 valence electrons. The lowest BCUT2D eigenvalue weighted by Gasteiger charge is -2.08. The van der Waals surface area contributed by atoms with Crippen molar-refractivity contribution < 1.29 is 19.4 Å². The van der Waals surface area contributed by atoms with Crippen LogP contribution in [0.15, 0.2) is 60.3 Å². The number of hydrogen-bond acceptors (Lipinski definition) is 5. The van der Waals surface area contributed by atoms with Crippen LogP contribution in [0.4, 0.5) is 5.69 Å². The monoisotopic (exact) mass is 351 g/mol. The topological polar surface area (TPSA) is 111 Å². The fourth-order valence-corrected chi connectivity index (χ4v) is 2.19. The Bertz CT molecular complexity index is 884. The number of hydrogen-bond donors (Lipinski definition) is 3. The van der Waals surface area contributed by atoms with E-state index in [0.29, 0.717) is 18.0 Å². The number of anilines is 1. The molecular formula is C19H17N3O4. The summed E-state index contributed by atoms with van der Waals surface area (Å²) in [6.07, 6.45) is 1.31. The molecule has 0 radical (unpaired) electrons. The number of carbonyl (C=O) groups is 2. The summed E-state index contributed by atoms with van der Waals surface area (Å²) in [6, 6.07) is 15.0. The second-order valence-corrected chi connectivity index (χ2v) is 5.20. The minimum absolute atomic E-state index is 0.0413. The second kappa shape index (κ2) is 8.89. The molecule has 0 atom stereocenters. The van der Waals surface area contributed by atoms with Crippen LogP contribution in [0.3, 0.4) is 0 Å². The highest BCUT2D eigenvalue weighted by atomic mass is 16.5. The standard InChI is InChI=1S/C19H17N3O4/c1-26-17-8-3-2-5-14(17)11-21-12-15(10-20)18(23)22-16-7-4-6-13(9-16)19(24)25/h2-9,12,21H,11H2,1H3,(H,22,23)(H,24,25)/b15-12-. The van der Waals surface area contributed by atoms with Crippen LogP contribution in [0.25, 0.3) is 0 Å². The van der Waals surface area contributed by atoms with Crippen molar-refractivity contribution in [3.8, 4) is 11.8 Å². The third kappa shape index (κ3) is 4.85. The van der Waals surface area contributed by atoms with Gasteiger partial charge in [-0.05, 0) is 24.3 Å². The fourth-order valence-electron chi connectivity index (χ4n) is 2.19. The van der Waals surface area contributed by atoms with E-state index in [1.54, 1.807) is 13.2 Å². The smallest absolute Gasteiger partial charge is 0.335 e. The molecule has 1 amide bonds. The zero-order valence-corrected chi connectivity index (χ0v) is 14.0. The third-order valence-corrected chi connectivity index (χ3v) is 3.46. The maximum Gasteiger partial charge on any atom is 0.335 e. The van der Waals surface area contributed by atoms with Crippen LogP contribution >= 0.6 is 0 Å². The molecule has 0 saturated carbocycles. The van der Waals surface area contributed by atoms with Gasteiger partial charge in [0.2, 0.25) is 0 Å². The molecule has 0 spiro atoms. The van der Waals surface area contributed by atoms with Gasteiger partial charge in [-0.1, -0.05) is 24.3 Å². The molecular weight excluding hydrogens is 334 g/mol. The maximum absolute atomic E-state index is 12.2. The van der Waals surface area contributed by atoms with Crippen LogP contribution in [0.1, 0.15) is 15.9 Å². The summed E-state index contributed by atoms with van der Waals surface area (Å²) < 4.78 is 5.23. The molecule has 0 heterocycles. The average Bonchev–Trinajstić information content (AvgIpc) is 2.65. The van der Waals surface area contributed by atoms with Gasteiger partial charge >= 0.3 is 5.97 Å². The number of nitriles is 1. The first-order valence-electron chi connectivity index (χ1n) is 7.65. The first-order valence-corrected chi connectivity index (χ1v) is 7.65. The van der Waals surface area contributed by atoms with Gasteiger partial charge in [-0.25, -0.2) is 4.79 Å². The van der Waals surface area contributed by atoms with Gasteiger partial charge in [0.05, 0.1) is 12.7 Å². The molecule has 2 aromatic rings. The number of rotatable bonds is 7. The molecule has 2 aromatic carbocycles. The van der Waals surface area contributed by atoms with Crippen molar-refractivity contribution in [2.75, 3.05) is 12.4 Å². The minimum atomic E-state index is -1.10. The lowest BCUT2D eigenvalue weighted by molar-refractivity contribution is -0.112. The van der Waals surface area contributed by atoms with Gasteiger partial charge in [-0.3, -0.25) is 4.79 Å². The maximum atomic E-state index is 12.2. The highest BCUT2D eigenvalue weighted by Crippen LogP contribution is 2.17. The normalized spacial score (nSPS) is 10.5. The molecule has 0 aliphatic rings. The van der Waals surface area contributed by atoms with Crippen molar-refractivity contribution in [1.29, 1.82) is 5.26 Å². The van der Waals surface area contributed by atoms with E-state index in [-0.39, 0.29) is 11.1 Å². The summed E-state index contributed by atoms with van der Waals surface area (Å²) in [5.74, 6) is -1.04. The molecule has 0 fully saturated rings. The van der Waals surface area contributed by atoms with E-state index in [1.165, 1.54) is 24.4 Å². The Balaban J connectivity index is 2.04. The minimum Gasteiger partial charge on any atom is -0.496 e. The van der Waals surface area contributed by atoms with E-state index in [2.05, 4.69) is 10.6 Å². The van der Waals surface area contributed by atoms with Crippen LogP contribution in [-0.2, 0) is 11.3 Å². The number of para-hydroxylation sites is 1. The first-order chi connectivity index (χ1) is 12.5. The summed E-state index contributed by atoms with van der Waals surface area (Å²) in [7, 11) is 1.56. The Labute approximate surface area is 150 Å². The second-order valence-electron chi connectivity index (χ2n) is 5.20. The van der Waals surface area contributed by atoms with Crippen molar-refractivity contribution in [1.82, 2.24) is 5.32 Å². The van der Waals surface area contributed by atoms with Gasteiger partial charge in [0.15, 0.2) is 0 Å². The first kappa shape index (κ1) is 18.5. The van der Waals surface area contributed by atoms with Gasteiger partial charge in [-0.15, -0.1) is 0 Å². The molecule has 7 heteroatoms. The number of carboxylic acids is 1. The number of ether oxygens (including phenoxy) is 1. The Morgan fingerprint density at radius 3 is 2.69 bits per heavy atom. The number of carboxylic acid groups (broad SMARTS) is 1. The van der Waals surface area contributed by atoms with Crippen LogP contribution in [-0.4, -0.2) is 24.1 Å². The van der Waals surface area contributed by atoms with Crippen molar-refractivity contribution >= 4 is 17.6 Å². The van der Waals surface area contributed by atoms with Crippen LogP contribution in [0, 0.1) is 11.3 Å². The van der Waals surface area contributed by atoms with E-state index < -0.39 is 11.9 Å². The SMILES string of the molecule is COc1ccccc1CN/C=C(/C#N)C(=O)Nc1cccc(C(=O)O)c1. The van der Waals surface area contributed by atoms with Crippen molar-refractivity contribution in [3.63, 3.8) is 0 Å². The lowest BCUT2D eigenvalue weighted by atomic mass is 10.2. The molecule has 0 unspecified atom stereocenters. The van der Waals surface area contributed by atoms with Crippen LogP contribution < -0.4 is 15.4 Å². The quantitative estimate of drug-likeness (QED) is 0.522. The summed E-state index contributed by atoms with van der Waals surface area (Å²) in [5.41, 5.74) is 1.07. The van der Waals surface area contributed by atoms with Gasteiger partial charge in [-0.2, -0.15) is 5.26 Å². The predicted molar refractivity (Wildman–Crippen MR) is 95.6 cm³/mol. The number of nitrogens with zero attached hydrogens (tertiary/aromatic N) is 1. The molecule has 0 aliphatic carbocycles. The third-order valence-electron chi connectivity index (χ3n) is 3.46. The lowest BCUT2D eigenvalue weighted by Crippen LogP contribution is -2.17. The summed E-state index contributed by atoms with van der Waals surface area (Å²) in [5, 5.41) is 23.6. The Kier molecular flexibility index (Phi) is 6.34. The molecule has 0 saturated heterocycles. The number of amides is 1. The number of benzene rings is 2. The highest BCUT2D eigenvalue weighted by molar-refractivity contribution is 6.06. The van der Waals surface area contributed by atoms with Gasteiger partial charge in [0.1, 0.15) is 17.4 Å². The van der Waals surface area contributed by atoms with Crippen molar-refractivity contribution in [3.05, 3.63) is 71.4 Å². The molecule has 26 heavy (non-hydrogen) atoms. The Morgan fingerprint density at radius 1 is 1.23 bits per heavy atom. The zero-order chi connectivity index (χ0) is 18.9. The summed E-state index contributed by atoms with van der Waals surface area (Å²) >= 11 is 0. The summed E-state index contributed by atoms with van der Waals surface area (Å²) in [4.78, 5) is 23.1. The number of methoxy groups -OCH3 is 1. The van der Waals surface area contributed by atoms with Gasteiger partial charge in [0.25, 0.3) is 5.91 Å². The van der Waals surface area contributed by atoms with Crippen molar-refractivity contribution in [2.24, 2.45) is 0 Å². The molecule has 0 bridgehead atoms. The average molecular weight is 351 g/mol. The number of nitrogens with one attached hydrogen (secondary N) is 2. The van der Waals surface area contributed by atoms with Gasteiger partial charge in [0, 0.05) is 24.0 Å². The van der Waals surface area contributed by atoms with Gasteiger partial charge < -0.3 is 20.5 Å². The van der Waals surface area contributed by atoms with Crippen LogP contribution in [0.5, 0.6) is 5.75 Å². The number of carbonyl (C=O) groups excluding carboxylic acids is 1. The van der Waals surface area contributed by atoms with E-state index >= 15 is 0 Å². The van der Waals surface area contributed by atoms with E-state index in [1.807, 2.05) is 30.3 Å². The van der Waals surface area contributed by atoms with E-state index in [4.69, 9.17) is 9.84 Å². The molecule has 0 aliphatic heterocycles. The summed E-state index contributed by atoms with van der Waals surface area (Å²) in [6.45, 7) is 0.372. The Hall–Kier alpha value is -3.79. The molecule has 2 rings (SSSR count).